The van der Waals surface area contributed by atoms with Crippen LogP contribution in [0.15, 0.2) is 23.1 Å². The minimum atomic E-state index is -4.07. The molecule has 0 saturated carbocycles. The fourth-order valence-electron chi connectivity index (χ4n) is 1.43. The Labute approximate surface area is 120 Å². The molecule has 116 valence electrons. The van der Waals surface area contributed by atoms with E-state index < -0.39 is 34.5 Å². The van der Waals surface area contributed by atoms with Gasteiger partial charge in [-0.05, 0) is 18.2 Å². The highest BCUT2D eigenvalue weighted by atomic mass is 32.2. The van der Waals surface area contributed by atoms with Crippen molar-refractivity contribution in [3.05, 3.63) is 23.8 Å². The van der Waals surface area contributed by atoms with E-state index in [2.05, 4.69) is 4.74 Å². The van der Waals surface area contributed by atoms with Crippen LogP contribution in [0.2, 0.25) is 0 Å². The molecule has 0 saturated heterocycles. The number of hydrogen-bond acceptors (Lipinski definition) is 7. The Balaban J connectivity index is 2.93. The van der Waals surface area contributed by atoms with Gasteiger partial charge in [0, 0.05) is 12.1 Å². The molecule has 6 N–H and O–H groups in total. The lowest BCUT2D eigenvalue weighted by atomic mass is 10.2. The first-order valence-electron chi connectivity index (χ1n) is 5.64. The Morgan fingerprint density at radius 1 is 1.43 bits per heavy atom. The molecule has 0 heterocycles. The predicted octanol–water partition coefficient (Wildman–Crippen LogP) is -1.82. The minimum Gasteiger partial charge on any atom is -0.467 e. The van der Waals surface area contributed by atoms with Crippen LogP contribution < -0.4 is 16.2 Å². The SMILES string of the molecule is COC(=O)C(O)CNS(=O)(=O)c1ccc(C(N)=O)cc1N. The van der Waals surface area contributed by atoms with Gasteiger partial charge in [0.15, 0.2) is 6.10 Å². The predicted molar refractivity (Wildman–Crippen MR) is 72.6 cm³/mol. The molecule has 1 aromatic carbocycles. The number of rotatable bonds is 6. The van der Waals surface area contributed by atoms with E-state index in [0.29, 0.717) is 0 Å². The van der Waals surface area contributed by atoms with Crippen LogP contribution >= 0.6 is 0 Å². The molecule has 1 amide bonds. The zero-order chi connectivity index (χ0) is 16.2. The van der Waals surface area contributed by atoms with Gasteiger partial charge in [-0.2, -0.15) is 0 Å². The number of nitrogens with one attached hydrogen (secondary N) is 1. The highest BCUT2D eigenvalue weighted by Crippen LogP contribution is 2.19. The first kappa shape index (κ1) is 16.9. The maximum absolute atomic E-state index is 12.0. The smallest absolute Gasteiger partial charge is 0.336 e. The number of aliphatic hydroxyl groups is 1. The van der Waals surface area contributed by atoms with E-state index in [0.717, 1.165) is 19.2 Å². The normalized spacial score (nSPS) is 12.7. The summed E-state index contributed by atoms with van der Waals surface area (Å²) < 4.78 is 30.2. The first-order chi connectivity index (χ1) is 9.69. The number of methoxy groups -OCH3 is 1. The Bertz CT molecular complexity index is 658. The summed E-state index contributed by atoms with van der Waals surface area (Å²) in [5.74, 6) is -1.73. The van der Waals surface area contributed by atoms with Crippen molar-refractivity contribution in [2.45, 2.75) is 11.0 Å². The maximum Gasteiger partial charge on any atom is 0.336 e. The van der Waals surface area contributed by atoms with Gasteiger partial charge in [-0.15, -0.1) is 0 Å². The Morgan fingerprint density at radius 2 is 2.05 bits per heavy atom. The fourth-order valence-corrected chi connectivity index (χ4v) is 2.58. The summed E-state index contributed by atoms with van der Waals surface area (Å²) in [5.41, 5.74) is 10.5. The third-order valence-electron chi connectivity index (χ3n) is 2.52. The van der Waals surface area contributed by atoms with Gasteiger partial charge in [0.05, 0.1) is 12.8 Å². The fraction of sp³-hybridized carbons (Fsp3) is 0.273. The molecular weight excluding hydrogens is 302 g/mol. The molecule has 0 aromatic heterocycles. The molecule has 0 fully saturated rings. The lowest BCUT2D eigenvalue weighted by molar-refractivity contribution is -0.149. The molecule has 0 aliphatic heterocycles. The highest BCUT2D eigenvalue weighted by molar-refractivity contribution is 7.89. The monoisotopic (exact) mass is 317 g/mol. The molecule has 1 atom stereocenters. The van der Waals surface area contributed by atoms with Crippen molar-refractivity contribution in [1.29, 1.82) is 0 Å². The van der Waals surface area contributed by atoms with Crippen LogP contribution in [0.3, 0.4) is 0 Å². The van der Waals surface area contributed by atoms with E-state index in [-0.39, 0.29) is 16.1 Å². The number of nitrogens with two attached hydrogens (primary N) is 2. The molecule has 1 unspecified atom stereocenters. The maximum atomic E-state index is 12.0. The standard InChI is InChI=1S/C11H15N3O6S/c1-20-11(17)8(15)5-14-21(18,19)9-3-2-6(10(13)16)4-7(9)12/h2-4,8,14-15H,5,12H2,1H3,(H2,13,16). The van der Waals surface area contributed by atoms with E-state index in [1.54, 1.807) is 0 Å². The van der Waals surface area contributed by atoms with Gasteiger partial charge in [-0.3, -0.25) is 4.79 Å². The molecule has 1 rings (SSSR count). The number of sulfonamides is 1. The molecule has 21 heavy (non-hydrogen) atoms. The number of benzene rings is 1. The molecule has 0 aliphatic carbocycles. The zero-order valence-electron chi connectivity index (χ0n) is 11.1. The van der Waals surface area contributed by atoms with Crippen LogP contribution in [-0.4, -0.2) is 45.2 Å². The van der Waals surface area contributed by atoms with Crippen LogP contribution in [0, 0.1) is 0 Å². The quantitative estimate of drug-likeness (QED) is 0.354. The molecule has 0 spiro atoms. The number of aliphatic hydroxyl groups excluding tert-OH is 1. The molecule has 10 heteroatoms. The summed E-state index contributed by atoms with van der Waals surface area (Å²) in [6.07, 6.45) is -1.64. The Kier molecular flexibility index (Phi) is 5.24. The second-order valence-electron chi connectivity index (χ2n) is 4.01. The van der Waals surface area contributed by atoms with Crippen LogP contribution in [0.5, 0.6) is 0 Å². The number of anilines is 1. The summed E-state index contributed by atoms with van der Waals surface area (Å²) >= 11 is 0. The summed E-state index contributed by atoms with van der Waals surface area (Å²) in [4.78, 5) is 21.6. The second-order valence-corrected chi connectivity index (χ2v) is 5.74. The Hall–Kier alpha value is -2.17. The number of carbonyl (C=O) groups excluding carboxylic acids is 2. The molecule has 0 radical (unpaired) electrons. The van der Waals surface area contributed by atoms with Crippen LogP contribution in [0.1, 0.15) is 10.4 Å². The largest absolute Gasteiger partial charge is 0.467 e. The van der Waals surface area contributed by atoms with Crippen molar-refractivity contribution in [3.63, 3.8) is 0 Å². The van der Waals surface area contributed by atoms with Gasteiger partial charge in [-0.1, -0.05) is 0 Å². The minimum absolute atomic E-state index is 0.0565. The summed E-state index contributed by atoms with van der Waals surface area (Å²) in [6, 6.07) is 3.42. The van der Waals surface area contributed by atoms with Gasteiger partial charge in [0.1, 0.15) is 4.90 Å². The molecule has 0 aliphatic rings. The number of carbonyl (C=O) groups is 2. The van der Waals surface area contributed by atoms with E-state index in [9.17, 15) is 23.1 Å². The van der Waals surface area contributed by atoms with Crippen molar-refractivity contribution in [2.75, 3.05) is 19.4 Å². The van der Waals surface area contributed by atoms with Crippen molar-refractivity contribution >= 4 is 27.6 Å². The zero-order valence-corrected chi connectivity index (χ0v) is 11.9. The van der Waals surface area contributed by atoms with Crippen molar-refractivity contribution in [3.8, 4) is 0 Å². The molecular formula is C11H15N3O6S. The van der Waals surface area contributed by atoms with Crippen molar-refractivity contribution in [2.24, 2.45) is 5.73 Å². The number of ether oxygens (including phenoxy) is 1. The molecule has 0 bridgehead atoms. The van der Waals surface area contributed by atoms with Crippen molar-refractivity contribution < 1.29 is 27.9 Å². The van der Waals surface area contributed by atoms with Crippen LogP contribution in [0.25, 0.3) is 0 Å². The lowest BCUT2D eigenvalue weighted by Gasteiger charge is -2.12. The summed E-state index contributed by atoms with van der Waals surface area (Å²) in [5, 5.41) is 9.32. The van der Waals surface area contributed by atoms with Crippen LogP contribution in [-0.2, 0) is 19.6 Å². The van der Waals surface area contributed by atoms with E-state index in [1.165, 1.54) is 6.07 Å². The van der Waals surface area contributed by atoms with Gasteiger partial charge >= 0.3 is 5.97 Å². The van der Waals surface area contributed by atoms with Gasteiger partial charge in [-0.25, -0.2) is 17.9 Å². The molecule has 1 aromatic rings. The first-order valence-corrected chi connectivity index (χ1v) is 7.12. The average Bonchev–Trinajstić information content (AvgIpc) is 2.43. The Morgan fingerprint density at radius 3 is 2.52 bits per heavy atom. The second kappa shape index (κ2) is 6.52. The van der Waals surface area contributed by atoms with E-state index in [4.69, 9.17) is 11.5 Å². The van der Waals surface area contributed by atoms with E-state index >= 15 is 0 Å². The number of hydrogen-bond donors (Lipinski definition) is 4. The van der Waals surface area contributed by atoms with Gasteiger partial charge < -0.3 is 21.3 Å². The van der Waals surface area contributed by atoms with Crippen molar-refractivity contribution in [1.82, 2.24) is 4.72 Å². The third-order valence-corrected chi connectivity index (χ3v) is 4.02. The van der Waals surface area contributed by atoms with Gasteiger partial charge in [0.25, 0.3) is 0 Å². The summed E-state index contributed by atoms with van der Waals surface area (Å²) in [7, 11) is -3.01. The van der Waals surface area contributed by atoms with Crippen LogP contribution in [0.4, 0.5) is 5.69 Å². The topological polar surface area (TPSA) is 162 Å². The third kappa shape index (κ3) is 4.15. The number of nitrogen functional groups attached to an aromatic ring is 1. The average molecular weight is 317 g/mol. The lowest BCUT2D eigenvalue weighted by Crippen LogP contribution is -2.37. The summed E-state index contributed by atoms with van der Waals surface area (Å²) in [6.45, 7) is -0.577. The van der Waals surface area contributed by atoms with E-state index in [1.807, 2.05) is 4.72 Å². The van der Waals surface area contributed by atoms with Gasteiger partial charge in [0.2, 0.25) is 15.9 Å². The number of esters is 1. The molecule has 9 nitrogen and oxygen atoms in total. The number of primary amides is 1. The highest BCUT2D eigenvalue weighted by Gasteiger charge is 2.22. The number of amides is 1.